The van der Waals surface area contributed by atoms with E-state index in [9.17, 15) is 0 Å². The predicted molar refractivity (Wildman–Crippen MR) is 86.9 cm³/mol. The van der Waals surface area contributed by atoms with Gasteiger partial charge < -0.3 is 5.73 Å². The second kappa shape index (κ2) is 6.07. The summed E-state index contributed by atoms with van der Waals surface area (Å²) in [5.41, 5.74) is 6.98. The Morgan fingerprint density at radius 3 is 2.48 bits per heavy atom. The van der Waals surface area contributed by atoms with Crippen LogP contribution in [0.3, 0.4) is 0 Å². The lowest BCUT2D eigenvalue weighted by molar-refractivity contribution is 0.132. The van der Waals surface area contributed by atoms with Gasteiger partial charge in [0.25, 0.3) is 0 Å². The molecule has 0 atom stereocenters. The number of rotatable bonds is 4. The Morgan fingerprint density at radius 1 is 1.33 bits per heavy atom. The zero-order valence-electron chi connectivity index (χ0n) is 14.4. The Hall–Kier alpha value is -0.900. The highest BCUT2D eigenvalue weighted by molar-refractivity contribution is 5.01. The minimum atomic E-state index is -0.0937. The van der Waals surface area contributed by atoms with E-state index in [4.69, 9.17) is 5.73 Å². The first-order valence-corrected chi connectivity index (χ1v) is 8.35. The Kier molecular flexibility index (Phi) is 4.76. The lowest BCUT2D eigenvalue weighted by Gasteiger charge is -2.42. The van der Waals surface area contributed by atoms with Crippen molar-refractivity contribution in [3.05, 3.63) is 12.2 Å². The van der Waals surface area contributed by atoms with Crippen molar-refractivity contribution in [1.82, 2.24) is 14.8 Å². The monoisotopic (exact) mass is 292 g/mol. The van der Waals surface area contributed by atoms with Crippen LogP contribution >= 0.6 is 0 Å². The summed E-state index contributed by atoms with van der Waals surface area (Å²) in [6, 6.07) is 0. The van der Waals surface area contributed by atoms with Crippen LogP contribution in [0.15, 0.2) is 6.33 Å². The number of hydrogen-bond donors (Lipinski definition) is 1. The van der Waals surface area contributed by atoms with Crippen LogP contribution in [0.1, 0.15) is 66.1 Å². The molecule has 0 aliphatic heterocycles. The van der Waals surface area contributed by atoms with Gasteiger partial charge in [-0.1, -0.05) is 34.6 Å². The van der Waals surface area contributed by atoms with E-state index in [1.807, 2.05) is 4.68 Å². The van der Waals surface area contributed by atoms with Crippen molar-refractivity contribution in [1.29, 1.82) is 0 Å². The van der Waals surface area contributed by atoms with Crippen molar-refractivity contribution in [2.45, 2.75) is 78.8 Å². The molecule has 1 aromatic heterocycles. The minimum absolute atomic E-state index is 0.0937. The van der Waals surface area contributed by atoms with E-state index >= 15 is 0 Å². The van der Waals surface area contributed by atoms with Crippen molar-refractivity contribution >= 4 is 0 Å². The van der Waals surface area contributed by atoms with Crippen LogP contribution in [0.25, 0.3) is 0 Å². The third kappa shape index (κ3) is 4.29. The molecule has 120 valence electrons. The summed E-state index contributed by atoms with van der Waals surface area (Å²) in [5, 5.41) is 4.36. The molecule has 4 heteroatoms. The highest BCUT2D eigenvalue weighted by atomic mass is 15.3. The maximum absolute atomic E-state index is 6.67. The molecule has 0 bridgehead atoms. The smallest absolute Gasteiger partial charge is 0.138 e. The van der Waals surface area contributed by atoms with Gasteiger partial charge in [0.2, 0.25) is 0 Å². The van der Waals surface area contributed by atoms with Crippen LogP contribution in [0, 0.1) is 17.3 Å². The van der Waals surface area contributed by atoms with Gasteiger partial charge in [-0.25, -0.2) is 9.67 Å². The summed E-state index contributed by atoms with van der Waals surface area (Å²) in [4.78, 5) is 4.45. The van der Waals surface area contributed by atoms with Gasteiger partial charge in [-0.15, -0.1) is 0 Å². The van der Waals surface area contributed by atoms with Gasteiger partial charge in [0.15, 0.2) is 0 Å². The summed E-state index contributed by atoms with van der Waals surface area (Å²) < 4.78 is 2.04. The fraction of sp³-hybridized carbons (Fsp3) is 0.882. The van der Waals surface area contributed by atoms with Crippen molar-refractivity contribution in [2.24, 2.45) is 23.0 Å². The Morgan fingerprint density at radius 2 is 1.95 bits per heavy atom. The van der Waals surface area contributed by atoms with E-state index in [1.54, 1.807) is 6.33 Å². The van der Waals surface area contributed by atoms with Gasteiger partial charge >= 0.3 is 0 Å². The molecule has 4 nitrogen and oxygen atoms in total. The zero-order chi connectivity index (χ0) is 15.7. The molecule has 1 aliphatic rings. The fourth-order valence-electron chi connectivity index (χ4n) is 3.47. The summed E-state index contributed by atoms with van der Waals surface area (Å²) in [7, 11) is 0. The largest absolute Gasteiger partial charge is 0.325 e. The maximum Gasteiger partial charge on any atom is 0.138 e. The molecule has 1 heterocycles. The first kappa shape index (κ1) is 16.5. The molecule has 0 spiro atoms. The van der Waals surface area contributed by atoms with E-state index in [-0.39, 0.29) is 5.54 Å². The van der Waals surface area contributed by atoms with Crippen molar-refractivity contribution in [3.63, 3.8) is 0 Å². The Labute approximate surface area is 129 Å². The molecule has 2 rings (SSSR count). The molecular weight excluding hydrogens is 260 g/mol. The van der Waals surface area contributed by atoms with E-state index < -0.39 is 0 Å². The lowest BCUT2D eigenvalue weighted by Crippen LogP contribution is -2.47. The second-order valence-corrected chi connectivity index (χ2v) is 8.43. The van der Waals surface area contributed by atoms with Gasteiger partial charge in [-0.3, -0.25) is 0 Å². The van der Waals surface area contributed by atoms with E-state index in [1.165, 1.54) is 12.8 Å². The molecule has 1 aromatic rings. The molecule has 0 saturated heterocycles. The molecule has 2 N–H and O–H groups in total. The number of aromatic nitrogens is 3. The zero-order valence-corrected chi connectivity index (χ0v) is 14.4. The van der Waals surface area contributed by atoms with Crippen LogP contribution < -0.4 is 5.73 Å². The normalized spacial score (nSPS) is 27.3. The quantitative estimate of drug-likeness (QED) is 0.925. The Balaban J connectivity index is 1.99. The minimum Gasteiger partial charge on any atom is -0.325 e. The third-order valence-electron chi connectivity index (χ3n) is 4.95. The molecule has 0 unspecified atom stereocenters. The first-order valence-electron chi connectivity index (χ1n) is 8.35. The summed E-state index contributed by atoms with van der Waals surface area (Å²) in [6.07, 6.45) is 7.20. The van der Waals surface area contributed by atoms with E-state index in [2.05, 4.69) is 44.7 Å². The molecule has 1 fully saturated rings. The van der Waals surface area contributed by atoms with Crippen LogP contribution in [-0.4, -0.2) is 20.3 Å². The standard InChI is InChI=1S/C17H32N4/c1-13(2)11-21-15(19-12-20-21)10-17(18)8-6-14(7-9-17)16(3,4)5/h12-14H,6-11,18H2,1-5H3. The molecule has 1 saturated carbocycles. The molecule has 1 aliphatic carbocycles. The number of hydrogen-bond acceptors (Lipinski definition) is 3. The van der Waals surface area contributed by atoms with Crippen LogP contribution in [0.4, 0.5) is 0 Å². The molecular formula is C17H32N4. The molecule has 21 heavy (non-hydrogen) atoms. The van der Waals surface area contributed by atoms with Gasteiger partial charge in [0, 0.05) is 18.5 Å². The molecule has 0 aromatic carbocycles. The highest BCUT2D eigenvalue weighted by Gasteiger charge is 2.37. The second-order valence-electron chi connectivity index (χ2n) is 8.43. The fourth-order valence-corrected chi connectivity index (χ4v) is 3.47. The average Bonchev–Trinajstić information content (AvgIpc) is 2.74. The van der Waals surface area contributed by atoms with Crippen LogP contribution in [0.5, 0.6) is 0 Å². The summed E-state index contributed by atoms with van der Waals surface area (Å²) in [5.74, 6) is 2.43. The average molecular weight is 292 g/mol. The van der Waals surface area contributed by atoms with Crippen LogP contribution in [-0.2, 0) is 13.0 Å². The SMILES string of the molecule is CC(C)Cn1ncnc1CC1(N)CCC(C(C)(C)C)CC1. The van der Waals surface area contributed by atoms with Crippen molar-refractivity contribution in [2.75, 3.05) is 0 Å². The van der Waals surface area contributed by atoms with Gasteiger partial charge in [-0.2, -0.15) is 5.10 Å². The predicted octanol–water partition coefficient (Wildman–Crippen LogP) is 3.41. The van der Waals surface area contributed by atoms with E-state index in [0.717, 1.165) is 37.5 Å². The number of nitrogens with two attached hydrogens (primary N) is 1. The van der Waals surface area contributed by atoms with Crippen molar-refractivity contribution in [3.8, 4) is 0 Å². The topological polar surface area (TPSA) is 56.7 Å². The summed E-state index contributed by atoms with van der Waals surface area (Å²) in [6.45, 7) is 12.4. The van der Waals surface area contributed by atoms with Gasteiger partial charge in [0.05, 0.1) is 0 Å². The first-order chi connectivity index (χ1) is 9.70. The third-order valence-corrected chi connectivity index (χ3v) is 4.95. The van der Waals surface area contributed by atoms with E-state index in [0.29, 0.717) is 11.3 Å². The van der Waals surface area contributed by atoms with Gasteiger partial charge in [-0.05, 0) is 42.9 Å². The Bertz CT molecular complexity index is 448. The summed E-state index contributed by atoms with van der Waals surface area (Å²) >= 11 is 0. The molecule has 0 radical (unpaired) electrons. The lowest BCUT2D eigenvalue weighted by atomic mass is 9.67. The van der Waals surface area contributed by atoms with Gasteiger partial charge in [0.1, 0.15) is 12.2 Å². The highest BCUT2D eigenvalue weighted by Crippen LogP contribution is 2.41. The van der Waals surface area contributed by atoms with Crippen molar-refractivity contribution < 1.29 is 0 Å². The number of nitrogens with zero attached hydrogens (tertiary/aromatic N) is 3. The maximum atomic E-state index is 6.67. The van der Waals surface area contributed by atoms with Crippen LogP contribution in [0.2, 0.25) is 0 Å². The molecule has 0 amide bonds.